The van der Waals surface area contributed by atoms with E-state index in [1.165, 1.54) is 32.1 Å². The van der Waals surface area contributed by atoms with E-state index >= 15 is 0 Å². The van der Waals surface area contributed by atoms with Gasteiger partial charge >= 0.3 is 5.97 Å². The molecule has 1 heterocycles. The SMILES string of the molecule is CCC(CC)n1c(CC2CCCCC2)nc2cc(C(=O)C[C@@H](CC(C)C)C(=O)O)ccc21. The molecule has 2 aromatic rings. The lowest BCUT2D eigenvalue weighted by molar-refractivity contribution is -0.142. The summed E-state index contributed by atoms with van der Waals surface area (Å²) in [6, 6.07) is 6.18. The largest absolute Gasteiger partial charge is 0.481 e. The Morgan fingerprint density at radius 3 is 2.41 bits per heavy atom. The fourth-order valence-corrected chi connectivity index (χ4v) is 5.36. The Labute approximate surface area is 192 Å². The van der Waals surface area contributed by atoms with E-state index in [0.29, 0.717) is 23.9 Å². The summed E-state index contributed by atoms with van der Waals surface area (Å²) in [7, 11) is 0. The third-order valence-corrected chi connectivity index (χ3v) is 7.13. The van der Waals surface area contributed by atoms with E-state index in [0.717, 1.165) is 36.1 Å². The molecule has 1 N–H and O–H groups in total. The zero-order valence-corrected chi connectivity index (χ0v) is 20.3. The Bertz CT molecular complexity index is 920. The minimum Gasteiger partial charge on any atom is -0.481 e. The van der Waals surface area contributed by atoms with E-state index in [-0.39, 0.29) is 18.1 Å². The smallest absolute Gasteiger partial charge is 0.306 e. The maximum Gasteiger partial charge on any atom is 0.306 e. The van der Waals surface area contributed by atoms with E-state index in [1.54, 1.807) is 0 Å². The number of hydrogen-bond donors (Lipinski definition) is 1. The quantitative estimate of drug-likeness (QED) is 0.388. The molecule has 1 fully saturated rings. The van der Waals surface area contributed by atoms with Crippen LogP contribution >= 0.6 is 0 Å². The summed E-state index contributed by atoms with van der Waals surface area (Å²) in [5, 5.41) is 9.53. The molecule has 5 heteroatoms. The molecule has 1 aliphatic rings. The van der Waals surface area contributed by atoms with Crippen molar-refractivity contribution < 1.29 is 14.7 Å². The number of rotatable bonds is 11. The van der Waals surface area contributed by atoms with Crippen LogP contribution < -0.4 is 0 Å². The molecule has 0 spiro atoms. The number of aromatic nitrogens is 2. The Morgan fingerprint density at radius 1 is 1.12 bits per heavy atom. The number of imidazole rings is 1. The highest BCUT2D eigenvalue weighted by atomic mass is 16.4. The molecule has 0 aliphatic heterocycles. The number of carbonyl (C=O) groups excluding carboxylic acids is 1. The molecular formula is C27H40N2O3. The maximum absolute atomic E-state index is 12.9. The van der Waals surface area contributed by atoms with Gasteiger partial charge in [0, 0.05) is 24.4 Å². The van der Waals surface area contributed by atoms with Crippen LogP contribution in [0.3, 0.4) is 0 Å². The highest BCUT2D eigenvalue weighted by molar-refractivity contribution is 6.00. The molecule has 1 aromatic carbocycles. The van der Waals surface area contributed by atoms with Crippen molar-refractivity contribution >= 4 is 22.8 Å². The number of carboxylic acid groups (broad SMARTS) is 1. The van der Waals surface area contributed by atoms with Crippen molar-refractivity contribution in [1.82, 2.24) is 9.55 Å². The van der Waals surface area contributed by atoms with Crippen LogP contribution in [-0.4, -0.2) is 26.4 Å². The molecule has 0 unspecified atom stereocenters. The summed E-state index contributed by atoms with van der Waals surface area (Å²) in [5.74, 6) is 0.453. The van der Waals surface area contributed by atoms with Crippen molar-refractivity contribution in [3.8, 4) is 0 Å². The first kappa shape index (κ1) is 24.5. The van der Waals surface area contributed by atoms with Crippen LogP contribution in [0.4, 0.5) is 0 Å². The van der Waals surface area contributed by atoms with Gasteiger partial charge in [0.2, 0.25) is 0 Å². The molecule has 0 bridgehead atoms. The topological polar surface area (TPSA) is 72.2 Å². The maximum atomic E-state index is 12.9. The Morgan fingerprint density at radius 2 is 1.81 bits per heavy atom. The van der Waals surface area contributed by atoms with Gasteiger partial charge in [0.05, 0.1) is 17.0 Å². The first-order chi connectivity index (χ1) is 15.3. The van der Waals surface area contributed by atoms with Crippen molar-refractivity contribution in [2.24, 2.45) is 17.8 Å². The standard InChI is InChI=1S/C27H40N2O3/c1-5-22(6-2)29-24-13-12-20(25(30)17-21(27(31)32)14-18(3)4)16-23(24)28-26(29)15-19-10-8-7-9-11-19/h12-13,16,18-19,21-22H,5-11,14-15,17H2,1-4H3,(H,31,32)/t21-/m1/s1. The van der Waals surface area contributed by atoms with Gasteiger partial charge in [-0.25, -0.2) is 4.98 Å². The predicted octanol–water partition coefficient (Wildman–Crippen LogP) is 6.84. The van der Waals surface area contributed by atoms with Crippen molar-refractivity contribution in [2.45, 2.75) is 97.9 Å². The minimum atomic E-state index is -0.888. The summed E-state index contributed by atoms with van der Waals surface area (Å²) in [4.78, 5) is 29.6. The van der Waals surface area contributed by atoms with Crippen LogP contribution in [0.5, 0.6) is 0 Å². The second kappa shape index (κ2) is 11.1. The average Bonchev–Trinajstić information content (AvgIpc) is 3.11. The lowest BCUT2D eigenvalue weighted by Crippen LogP contribution is -2.20. The summed E-state index contributed by atoms with van der Waals surface area (Å²) < 4.78 is 2.41. The highest BCUT2D eigenvalue weighted by Gasteiger charge is 2.25. The molecule has 0 saturated heterocycles. The summed E-state index contributed by atoms with van der Waals surface area (Å²) >= 11 is 0. The molecule has 0 amide bonds. The molecular weight excluding hydrogens is 400 g/mol. The van der Waals surface area contributed by atoms with Crippen LogP contribution in [0, 0.1) is 17.8 Å². The van der Waals surface area contributed by atoms with Crippen LogP contribution in [-0.2, 0) is 11.2 Å². The molecule has 1 aliphatic carbocycles. The summed E-state index contributed by atoms with van der Waals surface area (Å²) in [6.45, 7) is 8.43. The van der Waals surface area contributed by atoms with Crippen LogP contribution in [0.15, 0.2) is 18.2 Å². The summed E-state index contributed by atoms with van der Waals surface area (Å²) in [5.41, 5.74) is 2.54. The van der Waals surface area contributed by atoms with Gasteiger partial charge in [-0.2, -0.15) is 0 Å². The first-order valence-corrected chi connectivity index (χ1v) is 12.6. The van der Waals surface area contributed by atoms with Gasteiger partial charge in [-0.05, 0) is 49.3 Å². The van der Waals surface area contributed by atoms with Crippen molar-refractivity contribution in [3.63, 3.8) is 0 Å². The minimum absolute atomic E-state index is 0.0429. The number of benzene rings is 1. The van der Waals surface area contributed by atoms with Gasteiger partial charge in [0.25, 0.3) is 0 Å². The summed E-state index contributed by atoms with van der Waals surface area (Å²) in [6.07, 6.45) is 10.2. The van der Waals surface area contributed by atoms with Crippen molar-refractivity contribution in [3.05, 3.63) is 29.6 Å². The van der Waals surface area contributed by atoms with Gasteiger partial charge in [0.15, 0.2) is 5.78 Å². The van der Waals surface area contributed by atoms with Crippen LogP contribution in [0.25, 0.3) is 11.0 Å². The van der Waals surface area contributed by atoms with Gasteiger partial charge in [0.1, 0.15) is 5.82 Å². The molecule has 32 heavy (non-hydrogen) atoms. The number of Topliss-reactive ketones (excluding diaryl/α,β-unsaturated/α-hetero) is 1. The van der Waals surface area contributed by atoms with E-state index < -0.39 is 11.9 Å². The van der Waals surface area contributed by atoms with Gasteiger partial charge in [-0.15, -0.1) is 0 Å². The number of nitrogens with zero attached hydrogens (tertiary/aromatic N) is 2. The van der Waals surface area contributed by atoms with Gasteiger partial charge < -0.3 is 9.67 Å². The second-order valence-corrected chi connectivity index (χ2v) is 10.1. The lowest BCUT2D eigenvalue weighted by atomic mass is 9.87. The van der Waals surface area contributed by atoms with Gasteiger partial charge in [-0.1, -0.05) is 59.8 Å². The zero-order chi connectivity index (χ0) is 23.3. The Kier molecular flexibility index (Phi) is 8.50. The molecule has 5 nitrogen and oxygen atoms in total. The first-order valence-electron chi connectivity index (χ1n) is 12.6. The molecule has 1 aromatic heterocycles. The number of ketones is 1. The predicted molar refractivity (Wildman–Crippen MR) is 129 cm³/mol. The fourth-order valence-electron chi connectivity index (χ4n) is 5.36. The number of hydrogen-bond acceptors (Lipinski definition) is 3. The number of carboxylic acids is 1. The molecule has 3 rings (SSSR count). The van der Waals surface area contributed by atoms with Crippen LogP contribution in [0.1, 0.15) is 108 Å². The molecule has 176 valence electrons. The molecule has 1 atom stereocenters. The Hall–Kier alpha value is -2.17. The average molecular weight is 441 g/mol. The number of fused-ring (bicyclic) bond motifs is 1. The Balaban J connectivity index is 1.91. The van der Waals surface area contributed by atoms with Crippen LogP contribution in [0.2, 0.25) is 0 Å². The van der Waals surface area contributed by atoms with E-state index in [2.05, 4.69) is 18.4 Å². The normalized spacial score (nSPS) is 16.2. The molecule has 1 saturated carbocycles. The third-order valence-electron chi connectivity index (χ3n) is 7.13. The van der Waals surface area contributed by atoms with E-state index in [1.807, 2.05) is 32.0 Å². The van der Waals surface area contributed by atoms with E-state index in [9.17, 15) is 14.7 Å². The molecule has 0 radical (unpaired) electrons. The van der Waals surface area contributed by atoms with E-state index in [4.69, 9.17) is 4.98 Å². The van der Waals surface area contributed by atoms with Crippen molar-refractivity contribution in [2.75, 3.05) is 0 Å². The zero-order valence-electron chi connectivity index (χ0n) is 20.3. The second-order valence-electron chi connectivity index (χ2n) is 10.1. The highest BCUT2D eigenvalue weighted by Crippen LogP contribution is 2.32. The third kappa shape index (κ3) is 5.79. The number of carbonyl (C=O) groups is 2. The number of aliphatic carboxylic acids is 1. The fraction of sp³-hybridized carbons (Fsp3) is 0.667. The lowest BCUT2D eigenvalue weighted by Gasteiger charge is -2.24. The monoisotopic (exact) mass is 440 g/mol. The van der Waals surface area contributed by atoms with Gasteiger partial charge in [-0.3, -0.25) is 9.59 Å². The van der Waals surface area contributed by atoms with Crippen molar-refractivity contribution in [1.29, 1.82) is 0 Å².